The summed E-state index contributed by atoms with van der Waals surface area (Å²) in [5, 5.41) is 1.50. The van der Waals surface area contributed by atoms with Gasteiger partial charge in [-0.3, -0.25) is 0 Å². The Kier molecular flexibility index (Phi) is 4.15. The summed E-state index contributed by atoms with van der Waals surface area (Å²) in [5.41, 5.74) is 0. The predicted octanol–water partition coefficient (Wildman–Crippen LogP) is 0.213. The Bertz CT molecular complexity index is 287. The fourth-order valence-electron chi connectivity index (χ4n) is 1.46. The lowest BCUT2D eigenvalue weighted by molar-refractivity contribution is -0.00000223. The number of benzene rings is 1. The van der Waals surface area contributed by atoms with Crippen LogP contribution < -0.4 is 22.3 Å². The zero-order valence-corrected chi connectivity index (χ0v) is 11.2. The third kappa shape index (κ3) is 2.43. The highest BCUT2D eigenvalue weighted by atomic mass is 79.9. The van der Waals surface area contributed by atoms with Crippen LogP contribution in [0.25, 0.3) is 0 Å². The van der Waals surface area contributed by atoms with Crippen molar-refractivity contribution in [1.29, 1.82) is 0 Å². The molecule has 0 amide bonds. The van der Waals surface area contributed by atoms with Crippen LogP contribution in [0.3, 0.4) is 0 Å². The van der Waals surface area contributed by atoms with E-state index < -0.39 is 5.96 Å². The molecule has 70 valence electrons. The van der Waals surface area contributed by atoms with Crippen molar-refractivity contribution in [3.63, 3.8) is 0 Å². The van der Waals surface area contributed by atoms with Crippen molar-refractivity contribution in [2.24, 2.45) is 0 Å². The van der Waals surface area contributed by atoms with Crippen molar-refractivity contribution < 1.29 is 17.0 Å². The van der Waals surface area contributed by atoms with Gasteiger partial charge in [0.15, 0.2) is 0 Å². The minimum Gasteiger partial charge on any atom is -1.00 e. The quantitative estimate of drug-likeness (QED) is 0.512. The van der Waals surface area contributed by atoms with E-state index >= 15 is 0 Å². The van der Waals surface area contributed by atoms with Crippen LogP contribution in [0.1, 0.15) is 0 Å². The molecular weight excluding hydrogens is 311 g/mol. The van der Waals surface area contributed by atoms with Gasteiger partial charge in [0.1, 0.15) is 26.8 Å². The standard InChI is InChI=1S/C10H11BrP.BrH/c11-12(8-4-5-9-12)10-6-2-1-3-7-10;/h1-7H,8-9H2;1H/q+1;/p-1. The molecule has 1 aliphatic rings. The summed E-state index contributed by atoms with van der Waals surface area (Å²) in [6.45, 7) is 0. The largest absolute Gasteiger partial charge is 1.00 e. The first-order valence-corrected chi connectivity index (χ1v) is 8.26. The smallest absolute Gasteiger partial charge is 0.145 e. The zero-order valence-electron chi connectivity index (χ0n) is 7.16. The molecule has 1 aromatic rings. The Labute approximate surface area is 98.3 Å². The van der Waals surface area contributed by atoms with Gasteiger partial charge in [-0.05, 0) is 24.3 Å². The summed E-state index contributed by atoms with van der Waals surface area (Å²) in [4.78, 5) is 0. The minimum atomic E-state index is -0.971. The normalized spacial score (nSPS) is 18.2. The van der Waals surface area contributed by atoms with Gasteiger partial charge in [0.25, 0.3) is 0 Å². The van der Waals surface area contributed by atoms with Crippen molar-refractivity contribution in [2.75, 3.05) is 12.3 Å². The number of hydrogen-bond acceptors (Lipinski definition) is 0. The summed E-state index contributed by atoms with van der Waals surface area (Å²) < 4.78 is 0. The molecule has 0 fully saturated rings. The average Bonchev–Trinajstić information content (AvgIpc) is 2.55. The Morgan fingerprint density at radius 3 is 2.08 bits per heavy atom. The van der Waals surface area contributed by atoms with Crippen LogP contribution in [0.15, 0.2) is 42.5 Å². The van der Waals surface area contributed by atoms with Crippen molar-refractivity contribution in [1.82, 2.24) is 0 Å². The van der Waals surface area contributed by atoms with Gasteiger partial charge in [0.2, 0.25) is 0 Å². The van der Waals surface area contributed by atoms with Gasteiger partial charge < -0.3 is 17.0 Å². The van der Waals surface area contributed by atoms with Crippen molar-refractivity contribution in [3.05, 3.63) is 42.5 Å². The molecular formula is C10H11Br2P. The molecule has 1 aliphatic heterocycles. The van der Waals surface area contributed by atoms with Crippen molar-refractivity contribution >= 4 is 26.8 Å². The van der Waals surface area contributed by atoms with E-state index in [-0.39, 0.29) is 17.0 Å². The van der Waals surface area contributed by atoms with Gasteiger partial charge in [-0.1, -0.05) is 18.2 Å². The van der Waals surface area contributed by atoms with Gasteiger partial charge in [-0.2, -0.15) is 0 Å². The fourth-order valence-corrected chi connectivity index (χ4v) is 5.42. The third-order valence-electron chi connectivity index (χ3n) is 2.18. The highest BCUT2D eigenvalue weighted by Crippen LogP contribution is 2.67. The molecule has 2 rings (SSSR count). The Morgan fingerprint density at radius 1 is 1.00 bits per heavy atom. The van der Waals surface area contributed by atoms with Gasteiger partial charge in [0, 0.05) is 0 Å². The maximum atomic E-state index is 3.90. The molecule has 0 aromatic heterocycles. The van der Waals surface area contributed by atoms with Gasteiger partial charge >= 0.3 is 0 Å². The Balaban J connectivity index is 0.000000845. The van der Waals surface area contributed by atoms with E-state index in [0.29, 0.717) is 0 Å². The van der Waals surface area contributed by atoms with E-state index in [1.165, 1.54) is 17.6 Å². The highest BCUT2D eigenvalue weighted by Gasteiger charge is 2.38. The van der Waals surface area contributed by atoms with Gasteiger partial charge in [0.05, 0.1) is 12.3 Å². The van der Waals surface area contributed by atoms with Crippen LogP contribution in [-0.4, -0.2) is 12.3 Å². The molecule has 13 heavy (non-hydrogen) atoms. The molecule has 3 heteroatoms. The number of hydrogen-bond donors (Lipinski definition) is 0. The van der Waals surface area contributed by atoms with Crippen LogP contribution in [0.4, 0.5) is 0 Å². The molecule has 0 unspecified atom stereocenters. The Morgan fingerprint density at radius 2 is 1.54 bits per heavy atom. The molecule has 1 aromatic carbocycles. The first kappa shape index (κ1) is 11.4. The summed E-state index contributed by atoms with van der Waals surface area (Å²) >= 11 is 3.90. The molecule has 0 aliphatic carbocycles. The van der Waals surface area contributed by atoms with Crippen LogP contribution in [-0.2, 0) is 0 Å². The first-order chi connectivity index (χ1) is 5.81. The molecule has 0 atom stereocenters. The number of allylic oxidation sites excluding steroid dienone is 2. The second kappa shape index (κ2) is 4.72. The summed E-state index contributed by atoms with van der Waals surface area (Å²) in [6.07, 6.45) is 7.01. The van der Waals surface area contributed by atoms with E-state index in [9.17, 15) is 0 Å². The molecule has 0 N–H and O–H groups in total. The average molecular weight is 322 g/mol. The second-order valence-corrected chi connectivity index (χ2v) is 10.1. The van der Waals surface area contributed by atoms with Gasteiger partial charge in [-0.15, -0.1) is 0 Å². The highest BCUT2D eigenvalue weighted by molar-refractivity contribution is 9.43. The Hall–Kier alpha value is 0.350. The summed E-state index contributed by atoms with van der Waals surface area (Å²) in [5.74, 6) is -0.971. The van der Waals surface area contributed by atoms with E-state index in [2.05, 4.69) is 58.0 Å². The summed E-state index contributed by atoms with van der Waals surface area (Å²) in [7, 11) is 0. The lowest BCUT2D eigenvalue weighted by Crippen LogP contribution is -3.00. The first-order valence-electron chi connectivity index (χ1n) is 4.09. The van der Waals surface area contributed by atoms with Crippen LogP contribution in [0, 0.1) is 0 Å². The van der Waals surface area contributed by atoms with Gasteiger partial charge in [-0.25, -0.2) is 0 Å². The molecule has 0 nitrogen and oxygen atoms in total. The summed E-state index contributed by atoms with van der Waals surface area (Å²) in [6, 6.07) is 10.8. The van der Waals surface area contributed by atoms with Crippen molar-refractivity contribution in [3.8, 4) is 0 Å². The second-order valence-electron chi connectivity index (χ2n) is 3.04. The SMILES string of the molecule is Br[P+]1(c2ccccc2)CC=CC1.[Br-]. The van der Waals surface area contributed by atoms with Crippen LogP contribution in [0.2, 0.25) is 0 Å². The molecule has 0 spiro atoms. The maximum Gasteiger partial charge on any atom is 0.145 e. The van der Waals surface area contributed by atoms with E-state index in [0.717, 1.165) is 0 Å². The maximum absolute atomic E-state index is 3.90. The monoisotopic (exact) mass is 320 g/mol. The van der Waals surface area contributed by atoms with Crippen LogP contribution >= 0.6 is 21.5 Å². The van der Waals surface area contributed by atoms with E-state index in [1.807, 2.05) is 0 Å². The van der Waals surface area contributed by atoms with Crippen molar-refractivity contribution in [2.45, 2.75) is 0 Å². The molecule has 1 heterocycles. The molecule has 0 saturated heterocycles. The topological polar surface area (TPSA) is 0 Å². The minimum absolute atomic E-state index is 0. The lowest BCUT2D eigenvalue weighted by atomic mass is 10.4. The number of halogens is 2. The molecule has 0 radical (unpaired) electrons. The van der Waals surface area contributed by atoms with E-state index in [1.54, 1.807) is 0 Å². The lowest BCUT2D eigenvalue weighted by Gasteiger charge is -2.11. The van der Waals surface area contributed by atoms with Crippen LogP contribution in [0.5, 0.6) is 0 Å². The fraction of sp³-hybridized carbons (Fsp3) is 0.200. The zero-order chi connectivity index (χ0) is 8.44. The number of rotatable bonds is 1. The molecule has 0 saturated carbocycles. The third-order valence-corrected chi connectivity index (χ3v) is 7.94. The molecule has 0 bridgehead atoms. The van der Waals surface area contributed by atoms with E-state index in [4.69, 9.17) is 0 Å². The predicted molar refractivity (Wildman–Crippen MR) is 60.8 cm³/mol.